The van der Waals surface area contributed by atoms with Crippen LogP contribution in [-0.4, -0.2) is 39.8 Å². The highest BCUT2D eigenvalue weighted by Gasteiger charge is 2.31. The Bertz CT molecular complexity index is 629. The van der Waals surface area contributed by atoms with Gasteiger partial charge in [0.25, 0.3) is 5.22 Å². The number of nitrogens with zero attached hydrogens (tertiary/aromatic N) is 3. The highest BCUT2D eigenvalue weighted by atomic mass is 32.2. The van der Waals surface area contributed by atoms with Crippen LogP contribution in [0.2, 0.25) is 0 Å². The van der Waals surface area contributed by atoms with Crippen LogP contribution in [0.3, 0.4) is 0 Å². The molecule has 1 amide bonds. The molecule has 1 saturated heterocycles. The van der Waals surface area contributed by atoms with Crippen molar-refractivity contribution in [2.45, 2.75) is 36.2 Å². The van der Waals surface area contributed by atoms with Gasteiger partial charge in [0.05, 0.1) is 5.25 Å². The van der Waals surface area contributed by atoms with Gasteiger partial charge >= 0.3 is 0 Å². The molecule has 116 valence electrons. The van der Waals surface area contributed by atoms with Crippen LogP contribution in [0.4, 0.5) is 0 Å². The molecule has 1 aromatic carbocycles. The number of amides is 1. The number of aromatic nitrogens is 2. The van der Waals surface area contributed by atoms with Crippen molar-refractivity contribution in [3.8, 4) is 0 Å². The summed E-state index contributed by atoms with van der Waals surface area (Å²) in [5.74, 6) is 0.797. The Balaban J connectivity index is 1.48. The summed E-state index contributed by atoms with van der Waals surface area (Å²) < 4.78 is 5.64. The molecule has 0 radical (unpaired) electrons. The van der Waals surface area contributed by atoms with Crippen molar-refractivity contribution in [2.24, 2.45) is 0 Å². The van der Waals surface area contributed by atoms with E-state index in [0.29, 0.717) is 11.1 Å². The maximum atomic E-state index is 11.9. The van der Waals surface area contributed by atoms with Crippen molar-refractivity contribution >= 4 is 17.7 Å². The van der Waals surface area contributed by atoms with E-state index < -0.39 is 0 Å². The van der Waals surface area contributed by atoms with Crippen molar-refractivity contribution in [3.63, 3.8) is 0 Å². The first-order valence-corrected chi connectivity index (χ1v) is 8.38. The quantitative estimate of drug-likeness (QED) is 0.819. The van der Waals surface area contributed by atoms with Crippen LogP contribution >= 0.6 is 11.8 Å². The van der Waals surface area contributed by atoms with E-state index in [4.69, 9.17) is 4.42 Å². The van der Waals surface area contributed by atoms with Crippen molar-refractivity contribution in [1.82, 2.24) is 15.1 Å². The van der Waals surface area contributed by atoms with Crippen molar-refractivity contribution in [1.29, 1.82) is 0 Å². The SMILES string of the molecule is CN1CC[C@H](Sc2nnc(CCCc3ccccc3)o2)C1=O. The zero-order valence-electron chi connectivity index (χ0n) is 12.6. The first-order chi connectivity index (χ1) is 10.7. The second kappa shape index (κ2) is 6.96. The van der Waals surface area contributed by atoms with Gasteiger partial charge < -0.3 is 9.32 Å². The summed E-state index contributed by atoms with van der Waals surface area (Å²) in [4.78, 5) is 13.6. The largest absolute Gasteiger partial charge is 0.416 e. The first-order valence-electron chi connectivity index (χ1n) is 7.50. The maximum Gasteiger partial charge on any atom is 0.277 e. The molecular weight excluding hydrogens is 298 g/mol. The highest BCUT2D eigenvalue weighted by Crippen LogP contribution is 2.29. The molecular formula is C16H19N3O2S. The summed E-state index contributed by atoms with van der Waals surface area (Å²) >= 11 is 1.38. The Morgan fingerprint density at radius 3 is 2.82 bits per heavy atom. The van der Waals surface area contributed by atoms with Gasteiger partial charge in [0.15, 0.2) is 0 Å². The lowest BCUT2D eigenvalue weighted by Gasteiger charge is -2.07. The fourth-order valence-electron chi connectivity index (χ4n) is 2.50. The second-order valence-electron chi connectivity index (χ2n) is 5.46. The molecule has 0 N–H and O–H groups in total. The second-order valence-corrected chi connectivity index (χ2v) is 6.61. The Morgan fingerprint density at radius 2 is 2.09 bits per heavy atom. The molecule has 1 aliphatic heterocycles. The summed E-state index contributed by atoms with van der Waals surface area (Å²) in [7, 11) is 1.83. The third-order valence-electron chi connectivity index (χ3n) is 3.77. The van der Waals surface area contributed by atoms with Crippen LogP contribution < -0.4 is 0 Å². The van der Waals surface area contributed by atoms with Crippen molar-refractivity contribution in [3.05, 3.63) is 41.8 Å². The molecule has 1 aromatic heterocycles. The first kappa shape index (κ1) is 15.1. The number of benzene rings is 1. The van der Waals surface area contributed by atoms with E-state index in [-0.39, 0.29) is 11.2 Å². The average molecular weight is 317 g/mol. The molecule has 22 heavy (non-hydrogen) atoms. The van der Waals surface area contributed by atoms with Crippen LogP contribution in [0.15, 0.2) is 40.0 Å². The lowest BCUT2D eigenvalue weighted by molar-refractivity contribution is -0.126. The van der Waals surface area contributed by atoms with E-state index in [1.807, 2.05) is 25.2 Å². The lowest BCUT2D eigenvalue weighted by Crippen LogP contribution is -2.23. The standard InChI is InChI=1S/C16H19N3O2S/c1-19-11-10-13(15(19)20)22-16-18-17-14(21-16)9-5-8-12-6-3-2-4-7-12/h2-4,6-7,13H,5,8-11H2,1H3/t13-/m0/s1. The molecule has 5 nitrogen and oxygen atoms in total. The van der Waals surface area contributed by atoms with Gasteiger partial charge in [-0.1, -0.05) is 42.1 Å². The smallest absolute Gasteiger partial charge is 0.277 e. The van der Waals surface area contributed by atoms with Crippen LogP contribution in [0, 0.1) is 0 Å². The van der Waals surface area contributed by atoms with E-state index >= 15 is 0 Å². The summed E-state index contributed by atoms with van der Waals surface area (Å²) in [6.45, 7) is 0.800. The molecule has 3 rings (SSSR count). The number of thioether (sulfide) groups is 1. The van der Waals surface area contributed by atoms with E-state index in [0.717, 1.165) is 32.2 Å². The number of rotatable bonds is 6. The highest BCUT2D eigenvalue weighted by molar-refractivity contribution is 8.00. The molecule has 0 bridgehead atoms. The molecule has 1 fully saturated rings. The van der Waals surface area contributed by atoms with Gasteiger partial charge in [-0.15, -0.1) is 10.2 Å². The molecule has 2 aromatic rings. The topological polar surface area (TPSA) is 59.2 Å². The van der Waals surface area contributed by atoms with E-state index in [2.05, 4.69) is 22.3 Å². The normalized spacial score (nSPS) is 18.1. The zero-order valence-corrected chi connectivity index (χ0v) is 13.4. The minimum atomic E-state index is -0.0809. The third kappa shape index (κ3) is 3.68. The van der Waals surface area contributed by atoms with Gasteiger partial charge in [-0.05, 0) is 24.8 Å². The molecule has 2 heterocycles. The van der Waals surface area contributed by atoms with E-state index in [1.54, 1.807) is 4.90 Å². The summed E-state index contributed by atoms with van der Waals surface area (Å²) in [5, 5.41) is 8.53. The average Bonchev–Trinajstić information content (AvgIpc) is 3.10. The Labute approximate surface area is 134 Å². The van der Waals surface area contributed by atoms with Crippen molar-refractivity contribution < 1.29 is 9.21 Å². The van der Waals surface area contributed by atoms with Crippen LogP contribution in [0.1, 0.15) is 24.3 Å². The van der Waals surface area contributed by atoms with Gasteiger partial charge in [0.1, 0.15) is 0 Å². The molecule has 1 aliphatic rings. The third-order valence-corrected chi connectivity index (χ3v) is 4.86. The number of carbonyl (C=O) groups is 1. The monoisotopic (exact) mass is 317 g/mol. The number of likely N-dealkylation sites (tertiary alicyclic amines) is 1. The van der Waals surface area contributed by atoms with Crippen LogP contribution in [0.25, 0.3) is 0 Å². The van der Waals surface area contributed by atoms with Gasteiger partial charge in [0.2, 0.25) is 11.8 Å². The molecule has 0 aliphatic carbocycles. The van der Waals surface area contributed by atoms with E-state index in [1.165, 1.54) is 17.3 Å². The molecule has 0 unspecified atom stereocenters. The zero-order chi connectivity index (χ0) is 15.4. The van der Waals surface area contributed by atoms with Gasteiger partial charge in [-0.3, -0.25) is 4.79 Å². The maximum absolute atomic E-state index is 11.9. The summed E-state index contributed by atoms with van der Waals surface area (Å²) in [5.41, 5.74) is 1.32. The Hall–Kier alpha value is -1.82. The number of hydrogen-bond donors (Lipinski definition) is 0. The van der Waals surface area contributed by atoms with Gasteiger partial charge in [-0.25, -0.2) is 0 Å². The predicted molar refractivity (Wildman–Crippen MR) is 84.7 cm³/mol. The minimum absolute atomic E-state index is 0.0809. The minimum Gasteiger partial charge on any atom is -0.416 e. The van der Waals surface area contributed by atoms with Gasteiger partial charge in [0, 0.05) is 20.0 Å². The molecule has 1 atom stereocenters. The Morgan fingerprint density at radius 1 is 1.27 bits per heavy atom. The lowest BCUT2D eigenvalue weighted by atomic mass is 10.1. The fraction of sp³-hybridized carbons (Fsp3) is 0.438. The molecule has 0 saturated carbocycles. The molecule has 6 heteroatoms. The fourth-order valence-corrected chi connectivity index (χ4v) is 3.48. The summed E-state index contributed by atoms with van der Waals surface area (Å²) in [6.07, 6.45) is 3.58. The van der Waals surface area contributed by atoms with Gasteiger partial charge in [-0.2, -0.15) is 0 Å². The molecule has 0 spiro atoms. The van der Waals surface area contributed by atoms with Crippen molar-refractivity contribution in [2.75, 3.05) is 13.6 Å². The number of aryl methyl sites for hydroxylation is 2. The Kier molecular flexibility index (Phi) is 4.77. The van der Waals surface area contributed by atoms with Crippen LogP contribution in [-0.2, 0) is 17.6 Å². The summed E-state index contributed by atoms with van der Waals surface area (Å²) in [6, 6.07) is 10.4. The van der Waals surface area contributed by atoms with Crippen LogP contribution in [0.5, 0.6) is 0 Å². The number of carbonyl (C=O) groups excluding carboxylic acids is 1. The number of hydrogen-bond acceptors (Lipinski definition) is 5. The van der Waals surface area contributed by atoms with E-state index in [9.17, 15) is 4.79 Å². The predicted octanol–water partition coefficient (Wildman–Crippen LogP) is 2.57.